The van der Waals surface area contributed by atoms with Gasteiger partial charge in [0.15, 0.2) is 0 Å². The molecule has 118 valence electrons. The number of rotatable bonds is 4. The zero-order valence-electron chi connectivity index (χ0n) is 12.3. The Morgan fingerprint density at radius 1 is 1.30 bits per heavy atom. The molecule has 0 fully saturated rings. The molecule has 7 heteroatoms. The van der Waals surface area contributed by atoms with Gasteiger partial charge in [-0.2, -0.15) is 0 Å². The Kier molecular flexibility index (Phi) is 3.87. The van der Waals surface area contributed by atoms with Crippen LogP contribution in [0.3, 0.4) is 0 Å². The van der Waals surface area contributed by atoms with Crippen molar-refractivity contribution in [2.24, 2.45) is 0 Å². The molecule has 6 nitrogen and oxygen atoms in total. The molecule has 0 radical (unpaired) electrons. The number of pyridine rings is 1. The van der Waals surface area contributed by atoms with Crippen molar-refractivity contribution < 1.29 is 17.9 Å². The number of amides is 1. The first-order valence-corrected chi connectivity index (χ1v) is 8.39. The van der Waals surface area contributed by atoms with Gasteiger partial charge in [0.1, 0.15) is 5.75 Å². The predicted molar refractivity (Wildman–Crippen MR) is 84.6 cm³/mol. The van der Waals surface area contributed by atoms with Crippen LogP contribution in [0.15, 0.2) is 47.0 Å². The Bertz CT molecular complexity index is 890. The van der Waals surface area contributed by atoms with Crippen molar-refractivity contribution in [3.63, 3.8) is 0 Å². The van der Waals surface area contributed by atoms with Crippen LogP contribution in [0.1, 0.15) is 21.5 Å². The van der Waals surface area contributed by atoms with Crippen LogP contribution in [0.25, 0.3) is 6.08 Å². The van der Waals surface area contributed by atoms with Crippen molar-refractivity contribution in [3.05, 3.63) is 58.8 Å². The van der Waals surface area contributed by atoms with E-state index in [0.29, 0.717) is 12.1 Å². The number of hydrogen-bond acceptors (Lipinski definition) is 5. The van der Waals surface area contributed by atoms with Crippen LogP contribution in [-0.2, 0) is 16.4 Å². The van der Waals surface area contributed by atoms with Crippen molar-refractivity contribution in [3.8, 4) is 5.75 Å². The van der Waals surface area contributed by atoms with Crippen LogP contribution in [-0.4, -0.2) is 26.4 Å². The molecule has 0 bridgehead atoms. The number of carbonyl (C=O) groups excluding carboxylic acids is 1. The Morgan fingerprint density at radius 3 is 2.83 bits per heavy atom. The molecule has 2 aromatic rings. The minimum Gasteiger partial charge on any atom is -0.495 e. The number of aromatic nitrogens is 1. The van der Waals surface area contributed by atoms with E-state index >= 15 is 0 Å². The zero-order valence-corrected chi connectivity index (χ0v) is 13.1. The van der Waals surface area contributed by atoms with E-state index in [2.05, 4.69) is 10.3 Å². The lowest BCUT2D eigenvalue weighted by Gasteiger charge is -2.12. The minimum atomic E-state index is -3.44. The number of nitrogens with one attached hydrogen (secondary N) is 1. The fourth-order valence-corrected chi connectivity index (χ4v) is 3.58. The molecule has 3 rings (SSSR count). The largest absolute Gasteiger partial charge is 0.495 e. The number of hydrogen-bond donors (Lipinski definition) is 1. The lowest BCUT2D eigenvalue weighted by molar-refractivity contribution is 0.0947. The number of methoxy groups -OCH3 is 1. The van der Waals surface area contributed by atoms with Gasteiger partial charge in [-0.15, -0.1) is 0 Å². The quantitative estimate of drug-likeness (QED) is 0.923. The third-order valence-electron chi connectivity index (χ3n) is 3.50. The zero-order chi connectivity index (χ0) is 16.4. The second kappa shape index (κ2) is 5.85. The van der Waals surface area contributed by atoms with Crippen LogP contribution in [0.2, 0.25) is 0 Å². The molecule has 1 aliphatic rings. The fraction of sp³-hybridized carbons (Fsp3) is 0.125. The number of nitrogens with zero attached hydrogens (tertiary/aromatic N) is 1. The van der Waals surface area contributed by atoms with E-state index in [0.717, 1.165) is 11.0 Å². The van der Waals surface area contributed by atoms with Gasteiger partial charge >= 0.3 is 0 Å². The van der Waals surface area contributed by atoms with E-state index in [1.165, 1.54) is 25.3 Å². The van der Waals surface area contributed by atoms with Gasteiger partial charge in [-0.1, -0.05) is 6.07 Å². The van der Waals surface area contributed by atoms with Gasteiger partial charge < -0.3 is 10.1 Å². The highest BCUT2D eigenvalue weighted by atomic mass is 32.2. The summed E-state index contributed by atoms with van der Waals surface area (Å²) in [4.78, 5) is 16.5. The molecule has 0 saturated heterocycles. The first kappa shape index (κ1) is 15.2. The van der Waals surface area contributed by atoms with Crippen molar-refractivity contribution in [1.29, 1.82) is 0 Å². The van der Waals surface area contributed by atoms with E-state index in [1.54, 1.807) is 18.5 Å². The maximum absolute atomic E-state index is 12.4. The average molecular weight is 330 g/mol. The van der Waals surface area contributed by atoms with E-state index in [4.69, 9.17) is 4.74 Å². The van der Waals surface area contributed by atoms with E-state index < -0.39 is 9.84 Å². The van der Waals surface area contributed by atoms with E-state index in [1.807, 2.05) is 6.07 Å². The Morgan fingerprint density at radius 2 is 2.13 bits per heavy atom. The van der Waals surface area contributed by atoms with Crippen LogP contribution >= 0.6 is 0 Å². The summed E-state index contributed by atoms with van der Waals surface area (Å²) in [7, 11) is -2.03. The molecular weight excluding hydrogens is 316 g/mol. The molecule has 0 unspecified atom stereocenters. The fourth-order valence-electron chi connectivity index (χ4n) is 2.40. The summed E-state index contributed by atoms with van der Waals surface area (Å²) < 4.78 is 29.0. The van der Waals surface area contributed by atoms with Crippen LogP contribution in [0, 0.1) is 0 Å². The van der Waals surface area contributed by atoms with Crippen LogP contribution < -0.4 is 10.1 Å². The monoisotopic (exact) mass is 330 g/mol. The summed E-state index contributed by atoms with van der Waals surface area (Å²) in [5.41, 5.74) is 1.56. The standard InChI is InChI=1S/C16H14N2O4S/c1-22-15-12-6-8-23(20,21)14(12)5-4-13(15)16(19)18-10-11-3-2-7-17-9-11/h2-9H,10H2,1H3,(H,18,19). The summed E-state index contributed by atoms with van der Waals surface area (Å²) in [6, 6.07) is 6.52. The molecule has 1 aromatic heterocycles. The number of sulfone groups is 1. The van der Waals surface area contributed by atoms with Crippen LogP contribution in [0.5, 0.6) is 5.75 Å². The number of carbonyl (C=O) groups is 1. The van der Waals surface area contributed by atoms with Gasteiger partial charge in [-0.3, -0.25) is 9.78 Å². The molecule has 1 amide bonds. The smallest absolute Gasteiger partial charge is 0.255 e. The lowest BCUT2D eigenvalue weighted by Crippen LogP contribution is -2.23. The minimum absolute atomic E-state index is 0.151. The second-order valence-corrected chi connectivity index (χ2v) is 6.75. The second-order valence-electron chi connectivity index (χ2n) is 4.95. The molecule has 0 aliphatic carbocycles. The molecule has 1 N–H and O–H groups in total. The molecule has 0 spiro atoms. The molecule has 2 heterocycles. The summed E-state index contributed by atoms with van der Waals surface area (Å²) >= 11 is 0. The number of benzene rings is 1. The maximum Gasteiger partial charge on any atom is 0.255 e. The predicted octanol–water partition coefficient (Wildman–Crippen LogP) is 1.78. The normalized spacial score (nSPS) is 14.3. The third-order valence-corrected chi connectivity index (χ3v) is 4.96. The van der Waals surface area contributed by atoms with Crippen LogP contribution in [0.4, 0.5) is 0 Å². The van der Waals surface area contributed by atoms with Gasteiger partial charge in [0.2, 0.25) is 9.84 Å². The highest BCUT2D eigenvalue weighted by molar-refractivity contribution is 7.94. The first-order valence-electron chi connectivity index (χ1n) is 6.84. The Hall–Kier alpha value is -2.67. The number of ether oxygens (including phenoxy) is 1. The van der Waals surface area contributed by atoms with Crippen molar-refractivity contribution in [2.45, 2.75) is 11.4 Å². The maximum atomic E-state index is 12.4. The van der Waals surface area contributed by atoms with E-state index in [9.17, 15) is 13.2 Å². The van der Waals surface area contributed by atoms with Crippen molar-refractivity contribution in [2.75, 3.05) is 7.11 Å². The van der Waals surface area contributed by atoms with Crippen molar-refractivity contribution >= 4 is 21.8 Å². The van der Waals surface area contributed by atoms with Crippen molar-refractivity contribution in [1.82, 2.24) is 10.3 Å². The summed E-state index contributed by atoms with van der Waals surface area (Å²) in [6.45, 7) is 0.320. The Balaban J connectivity index is 1.89. The van der Waals surface area contributed by atoms with E-state index in [-0.39, 0.29) is 22.1 Å². The van der Waals surface area contributed by atoms with Gasteiger partial charge in [0.25, 0.3) is 5.91 Å². The van der Waals surface area contributed by atoms with Gasteiger partial charge in [0.05, 0.1) is 17.6 Å². The molecule has 1 aliphatic heterocycles. The molecular formula is C16H14N2O4S. The summed E-state index contributed by atoms with van der Waals surface area (Å²) in [6.07, 6.45) is 4.76. The molecule has 0 atom stereocenters. The van der Waals surface area contributed by atoms with Gasteiger partial charge in [0, 0.05) is 29.9 Å². The first-order chi connectivity index (χ1) is 11.0. The molecule has 1 aromatic carbocycles. The highest BCUT2D eigenvalue weighted by Crippen LogP contribution is 2.36. The lowest BCUT2D eigenvalue weighted by atomic mass is 10.1. The molecule has 23 heavy (non-hydrogen) atoms. The Labute approximate surface area is 133 Å². The summed E-state index contributed by atoms with van der Waals surface area (Å²) in [5.74, 6) is -0.0882. The number of fused-ring (bicyclic) bond motifs is 1. The van der Waals surface area contributed by atoms with Gasteiger partial charge in [-0.05, 0) is 29.8 Å². The van der Waals surface area contributed by atoms with Gasteiger partial charge in [-0.25, -0.2) is 8.42 Å². The third kappa shape index (κ3) is 2.83. The molecule has 0 saturated carbocycles. The SMILES string of the molecule is COc1c(C(=O)NCc2cccnc2)ccc2c1C=CS2(=O)=O. The summed E-state index contributed by atoms with van der Waals surface area (Å²) in [5, 5.41) is 3.88. The highest BCUT2D eigenvalue weighted by Gasteiger charge is 2.27. The topological polar surface area (TPSA) is 85.4 Å². The average Bonchev–Trinajstić information content (AvgIpc) is 2.88.